The van der Waals surface area contributed by atoms with Gasteiger partial charge in [-0.1, -0.05) is 45.1 Å². The summed E-state index contributed by atoms with van der Waals surface area (Å²) in [5, 5.41) is 11.4. The van der Waals surface area contributed by atoms with Crippen molar-refractivity contribution >= 4 is 18.0 Å². The number of aromatic carboxylic acids is 1. The molecule has 0 aliphatic heterocycles. The van der Waals surface area contributed by atoms with Crippen LogP contribution >= 0.6 is 0 Å². The number of alkyl carbamates (subject to hydrolysis) is 1. The van der Waals surface area contributed by atoms with Crippen LogP contribution in [-0.4, -0.2) is 29.7 Å². The van der Waals surface area contributed by atoms with Crippen molar-refractivity contribution in [2.75, 3.05) is 6.54 Å². The van der Waals surface area contributed by atoms with Gasteiger partial charge in [0, 0.05) is 6.54 Å². The minimum atomic E-state index is -1.15. The van der Waals surface area contributed by atoms with E-state index in [4.69, 9.17) is 5.11 Å². The van der Waals surface area contributed by atoms with Crippen molar-refractivity contribution in [1.29, 1.82) is 0 Å². The highest BCUT2D eigenvalue weighted by Gasteiger charge is 2.14. The lowest BCUT2D eigenvalue weighted by Crippen LogP contribution is -2.27. The van der Waals surface area contributed by atoms with E-state index in [1.165, 1.54) is 43.5 Å². The molecule has 0 atom stereocenters. The Bertz CT molecular complexity index is 542. The number of ether oxygens (including phenoxy) is 1. The van der Waals surface area contributed by atoms with E-state index in [1.54, 1.807) is 0 Å². The number of carbonyl (C=O) groups excluding carboxylic acids is 2. The first-order valence-corrected chi connectivity index (χ1v) is 7.88. The van der Waals surface area contributed by atoms with E-state index in [9.17, 15) is 14.4 Å². The molecule has 0 aliphatic rings. The molecule has 0 spiro atoms. The van der Waals surface area contributed by atoms with Gasteiger partial charge in [0.1, 0.15) is 0 Å². The van der Waals surface area contributed by atoms with Crippen LogP contribution in [-0.2, 0) is 4.74 Å². The fourth-order valence-corrected chi connectivity index (χ4v) is 2.05. The standard InChI is InChI=1S/C17H23NO5/c1-2-3-4-5-6-7-11-18-17(22)23-16(21)14-10-8-9-13(12-14)15(19)20/h8-10,12H,2-7,11H2,1H3,(H,18,22)(H,19,20). The maximum atomic E-state index is 11.8. The van der Waals surface area contributed by atoms with Crippen LogP contribution in [0.1, 0.15) is 66.2 Å². The van der Waals surface area contributed by atoms with E-state index in [0.717, 1.165) is 19.3 Å². The molecule has 6 heteroatoms. The highest BCUT2D eigenvalue weighted by atomic mass is 16.6. The zero-order chi connectivity index (χ0) is 17.1. The molecule has 0 saturated heterocycles. The van der Waals surface area contributed by atoms with Gasteiger partial charge >= 0.3 is 18.0 Å². The molecule has 2 N–H and O–H groups in total. The third-order valence-electron chi connectivity index (χ3n) is 3.33. The first kappa shape index (κ1) is 18.7. The SMILES string of the molecule is CCCCCCCCNC(=O)OC(=O)c1cccc(C(=O)O)c1. The van der Waals surface area contributed by atoms with Gasteiger partial charge in [-0.2, -0.15) is 0 Å². The van der Waals surface area contributed by atoms with Crippen molar-refractivity contribution in [1.82, 2.24) is 5.32 Å². The van der Waals surface area contributed by atoms with Gasteiger partial charge in [-0.3, -0.25) is 0 Å². The first-order valence-electron chi connectivity index (χ1n) is 7.88. The van der Waals surface area contributed by atoms with Crippen LogP contribution in [0.25, 0.3) is 0 Å². The van der Waals surface area contributed by atoms with E-state index >= 15 is 0 Å². The lowest BCUT2D eigenvalue weighted by molar-refractivity contribution is 0.0622. The van der Waals surface area contributed by atoms with Crippen LogP contribution in [0.4, 0.5) is 4.79 Å². The maximum Gasteiger partial charge on any atom is 0.415 e. The highest BCUT2D eigenvalue weighted by Crippen LogP contribution is 2.07. The van der Waals surface area contributed by atoms with Crippen molar-refractivity contribution in [3.05, 3.63) is 35.4 Å². The average Bonchev–Trinajstić information content (AvgIpc) is 2.54. The number of esters is 1. The van der Waals surface area contributed by atoms with E-state index in [2.05, 4.69) is 17.0 Å². The van der Waals surface area contributed by atoms with E-state index in [0.29, 0.717) is 6.54 Å². The summed E-state index contributed by atoms with van der Waals surface area (Å²) in [5.74, 6) is -2.01. The number of hydrogen-bond acceptors (Lipinski definition) is 4. The predicted molar refractivity (Wildman–Crippen MR) is 85.6 cm³/mol. The fourth-order valence-electron chi connectivity index (χ4n) is 2.05. The van der Waals surface area contributed by atoms with Crippen molar-refractivity contribution in [2.24, 2.45) is 0 Å². The van der Waals surface area contributed by atoms with E-state index in [1.807, 2.05) is 0 Å². The monoisotopic (exact) mass is 321 g/mol. The van der Waals surface area contributed by atoms with Crippen molar-refractivity contribution in [3.63, 3.8) is 0 Å². The second kappa shape index (κ2) is 10.4. The molecule has 0 radical (unpaired) electrons. The number of hydrogen-bond donors (Lipinski definition) is 2. The summed E-state index contributed by atoms with van der Waals surface area (Å²) in [6.07, 6.45) is 5.78. The van der Waals surface area contributed by atoms with Gasteiger partial charge in [-0.25, -0.2) is 14.4 Å². The zero-order valence-corrected chi connectivity index (χ0v) is 13.3. The average molecular weight is 321 g/mol. The molecule has 0 fully saturated rings. The Morgan fingerprint density at radius 3 is 2.39 bits per heavy atom. The Hall–Kier alpha value is -2.37. The summed E-state index contributed by atoms with van der Waals surface area (Å²) in [4.78, 5) is 34.1. The number of carboxylic acid groups (broad SMARTS) is 1. The van der Waals surface area contributed by atoms with Crippen LogP contribution in [0.2, 0.25) is 0 Å². The quantitative estimate of drug-likeness (QED) is 0.412. The number of rotatable bonds is 9. The van der Waals surface area contributed by atoms with Gasteiger partial charge < -0.3 is 15.2 Å². The molecule has 1 amide bonds. The fraction of sp³-hybridized carbons (Fsp3) is 0.471. The Balaban J connectivity index is 2.30. The Labute approximate surface area is 135 Å². The summed E-state index contributed by atoms with van der Waals surface area (Å²) in [7, 11) is 0. The molecule has 6 nitrogen and oxygen atoms in total. The molecule has 0 aliphatic carbocycles. The third-order valence-corrected chi connectivity index (χ3v) is 3.33. The van der Waals surface area contributed by atoms with Crippen LogP contribution < -0.4 is 5.32 Å². The lowest BCUT2D eigenvalue weighted by atomic mass is 10.1. The van der Waals surface area contributed by atoms with Crippen LogP contribution in [0.15, 0.2) is 24.3 Å². The molecule has 1 rings (SSSR count). The minimum absolute atomic E-state index is 0.0274. The van der Waals surface area contributed by atoms with Gasteiger partial charge in [0.25, 0.3) is 0 Å². The first-order chi connectivity index (χ1) is 11.0. The van der Waals surface area contributed by atoms with Crippen molar-refractivity contribution in [3.8, 4) is 0 Å². The maximum absolute atomic E-state index is 11.8. The molecule has 0 bridgehead atoms. The van der Waals surface area contributed by atoms with Crippen molar-refractivity contribution < 1.29 is 24.2 Å². The third kappa shape index (κ3) is 7.44. The number of nitrogens with one attached hydrogen (secondary N) is 1. The summed E-state index contributed by atoms with van der Waals surface area (Å²) in [6.45, 7) is 2.61. The van der Waals surface area contributed by atoms with Crippen LogP contribution in [0, 0.1) is 0 Å². The molecule has 0 aromatic heterocycles. The normalized spacial score (nSPS) is 10.1. The molecule has 126 valence electrons. The highest BCUT2D eigenvalue weighted by molar-refractivity contribution is 5.98. The van der Waals surface area contributed by atoms with Gasteiger partial charge in [-0.15, -0.1) is 0 Å². The van der Waals surface area contributed by atoms with Crippen LogP contribution in [0.3, 0.4) is 0 Å². The van der Waals surface area contributed by atoms with Gasteiger partial charge in [0.2, 0.25) is 0 Å². The lowest BCUT2D eigenvalue weighted by Gasteiger charge is -2.06. The molecular weight excluding hydrogens is 298 g/mol. The second-order valence-electron chi connectivity index (χ2n) is 5.26. The topological polar surface area (TPSA) is 92.7 Å². The Morgan fingerprint density at radius 1 is 1.04 bits per heavy atom. The number of unbranched alkanes of at least 4 members (excludes halogenated alkanes) is 5. The number of carbonyl (C=O) groups is 3. The Morgan fingerprint density at radius 2 is 1.70 bits per heavy atom. The largest absolute Gasteiger partial charge is 0.478 e. The molecule has 1 aromatic rings. The number of benzene rings is 1. The number of amides is 1. The summed E-state index contributed by atoms with van der Waals surface area (Å²) >= 11 is 0. The summed E-state index contributed by atoms with van der Waals surface area (Å²) in [6, 6.07) is 5.35. The number of carboxylic acids is 1. The van der Waals surface area contributed by atoms with Crippen molar-refractivity contribution in [2.45, 2.75) is 45.4 Å². The smallest absolute Gasteiger partial charge is 0.415 e. The zero-order valence-electron chi connectivity index (χ0n) is 13.3. The molecular formula is C17H23NO5. The van der Waals surface area contributed by atoms with E-state index in [-0.39, 0.29) is 11.1 Å². The van der Waals surface area contributed by atoms with Gasteiger partial charge in [0.05, 0.1) is 11.1 Å². The summed E-state index contributed by atoms with van der Waals surface area (Å²) < 4.78 is 4.63. The van der Waals surface area contributed by atoms with E-state index < -0.39 is 18.0 Å². The minimum Gasteiger partial charge on any atom is -0.478 e. The molecule has 23 heavy (non-hydrogen) atoms. The second-order valence-corrected chi connectivity index (χ2v) is 5.26. The predicted octanol–water partition coefficient (Wildman–Crippen LogP) is 3.61. The van der Waals surface area contributed by atoms with Crippen LogP contribution in [0.5, 0.6) is 0 Å². The molecule has 0 unspecified atom stereocenters. The Kier molecular flexibility index (Phi) is 8.42. The molecule has 0 saturated carbocycles. The summed E-state index contributed by atoms with van der Waals surface area (Å²) in [5.41, 5.74) is -0.00782. The molecule has 0 heterocycles. The van der Waals surface area contributed by atoms with Gasteiger partial charge in [0.15, 0.2) is 0 Å². The van der Waals surface area contributed by atoms with Gasteiger partial charge in [-0.05, 0) is 24.6 Å². The molecule has 1 aromatic carbocycles.